The minimum absolute atomic E-state index is 0.0817. The van der Waals surface area contributed by atoms with Gasteiger partial charge in [-0.3, -0.25) is 4.72 Å². The second-order valence-electron chi connectivity index (χ2n) is 3.74. The topological polar surface area (TPSA) is 72.2 Å². The molecule has 5 nitrogen and oxygen atoms in total. The van der Waals surface area contributed by atoms with E-state index in [1.807, 2.05) is 0 Å². The lowest BCUT2D eigenvalue weighted by atomic mass is 10.3. The van der Waals surface area contributed by atoms with Gasteiger partial charge >= 0.3 is 0 Å². The highest BCUT2D eigenvalue weighted by molar-refractivity contribution is 9.10. The fraction of sp³-hybridized carbons (Fsp3) is 0.182. The summed E-state index contributed by atoms with van der Waals surface area (Å²) >= 11 is 3.28. The molecule has 0 amide bonds. The molecule has 0 saturated carbocycles. The van der Waals surface area contributed by atoms with Gasteiger partial charge in [-0.25, -0.2) is 8.42 Å². The molecule has 0 saturated heterocycles. The summed E-state index contributed by atoms with van der Waals surface area (Å²) in [4.78, 5) is 0.0817. The summed E-state index contributed by atoms with van der Waals surface area (Å²) in [5.74, 6) is 0.270. The standard InChI is InChI=1S/C11H11BrN2O3S/c1-7-11(8(2)17-13-7)18(15,16)14-10-6-4-3-5-9(10)12/h3-6,14H,1-2H3. The predicted octanol–water partition coefficient (Wildman–Crippen LogP) is 2.85. The van der Waals surface area contributed by atoms with E-state index in [4.69, 9.17) is 4.52 Å². The van der Waals surface area contributed by atoms with Gasteiger partial charge in [0.05, 0.1) is 5.69 Å². The Morgan fingerprint density at radius 3 is 2.50 bits per heavy atom. The highest BCUT2D eigenvalue weighted by Gasteiger charge is 2.24. The van der Waals surface area contributed by atoms with Crippen molar-refractivity contribution in [1.29, 1.82) is 0 Å². The number of halogens is 1. The van der Waals surface area contributed by atoms with Gasteiger partial charge in [0, 0.05) is 4.47 Å². The van der Waals surface area contributed by atoms with E-state index in [1.165, 1.54) is 0 Å². The van der Waals surface area contributed by atoms with Crippen LogP contribution in [0.2, 0.25) is 0 Å². The van der Waals surface area contributed by atoms with Gasteiger partial charge in [-0.05, 0) is 41.9 Å². The maximum Gasteiger partial charge on any atom is 0.267 e. The Morgan fingerprint density at radius 2 is 1.94 bits per heavy atom. The summed E-state index contributed by atoms with van der Waals surface area (Å²) in [7, 11) is -3.69. The van der Waals surface area contributed by atoms with Crippen molar-refractivity contribution in [3.05, 3.63) is 40.2 Å². The molecule has 96 valence electrons. The predicted molar refractivity (Wildman–Crippen MR) is 70.9 cm³/mol. The van der Waals surface area contributed by atoms with Crippen molar-refractivity contribution in [3.63, 3.8) is 0 Å². The number of nitrogens with zero attached hydrogens (tertiary/aromatic N) is 1. The molecule has 0 radical (unpaired) electrons. The van der Waals surface area contributed by atoms with Crippen LogP contribution in [0.25, 0.3) is 0 Å². The lowest BCUT2D eigenvalue weighted by molar-refractivity contribution is 0.390. The number of aromatic nitrogens is 1. The first-order chi connectivity index (χ1) is 8.42. The van der Waals surface area contributed by atoms with Crippen LogP contribution in [0.1, 0.15) is 11.5 Å². The zero-order valence-corrected chi connectivity index (χ0v) is 12.2. The molecule has 0 fully saturated rings. The van der Waals surface area contributed by atoms with Crippen LogP contribution in [0.15, 0.2) is 38.2 Å². The maximum atomic E-state index is 12.2. The van der Waals surface area contributed by atoms with Crippen molar-refractivity contribution in [2.75, 3.05) is 4.72 Å². The average molecular weight is 331 g/mol. The Labute approximate surface area is 113 Å². The molecule has 2 aromatic rings. The molecule has 0 aliphatic rings. The van der Waals surface area contributed by atoms with Crippen LogP contribution >= 0.6 is 15.9 Å². The monoisotopic (exact) mass is 330 g/mol. The number of hydrogen-bond donors (Lipinski definition) is 1. The first kappa shape index (κ1) is 13.1. The van der Waals surface area contributed by atoms with Crippen molar-refractivity contribution in [1.82, 2.24) is 5.16 Å². The summed E-state index contributed by atoms with van der Waals surface area (Å²) in [6, 6.07) is 6.97. The molecule has 1 heterocycles. The van der Waals surface area contributed by atoms with E-state index in [0.717, 1.165) is 0 Å². The van der Waals surface area contributed by atoms with Gasteiger partial charge in [-0.15, -0.1) is 0 Å². The average Bonchev–Trinajstić information content (AvgIpc) is 2.62. The van der Waals surface area contributed by atoms with E-state index >= 15 is 0 Å². The van der Waals surface area contributed by atoms with E-state index in [-0.39, 0.29) is 10.7 Å². The Bertz CT molecular complexity index is 660. The molecule has 0 aliphatic carbocycles. The van der Waals surface area contributed by atoms with Gasteiger partial charge in [0.1, 0.15) is 5.69 Å². The maximum absolute atomic E-state index is 12.2. The molecule has 1 N–H and O–H groups in total. The zero-order chi connectivity index (χ0) is 13.3. The third-order valence-electron chi connectivity index (χ3n) is 2.35. The fourth-order valence-corrected chi connectivity index (χ4v) is 3.52. The van der Waals surface area contributed by atoms with Crippen molar-refractivity contribution >= 4 is 31.6 Å². The summed E-state index contributed by atoms with van der Waals surface area (Å²) in [6.45, 7) is 3.15. The van der Waals surface area contributed by atoms with E-state index in [2.05, 4.69) is 25.8 Å². The SMILES string of the molecule is Cc1noc(C)c1S(=O)(=O)Nc1ccccc1Br. The van der Waals surface area contributed by atoms with E-state index in [9.17, 15) is 8.42 Å². The van der Waals surface area contributed by atoms with Crippen LogP contribution in [0, 0.1) is 13.8 Å². The van der Waals surface area contributed by atoms with E-state index in [1.54, 1.807) is 38.1 Å². The van der Waals surface area contributed by atoms with Crippen molar-refractivity contribution in [2.45, 2.75) is 18.7 Å². The molecule has 1 aromatic carbocycles. The van der Waals surface area contributed by atoms with Crippen LogP contribution < -0.4 is 4.72 Å². The van der Waals surface area contributed by atoms with Crippen molar-refractivity contribution in [3.8, 4) is 0 Å². The number of anilines is 1. The van der Waals surface area contributed by atoms with E-state index in [0.29, 0.717) is 15.9 Å². The number of benzene rings is 1. The number of rotatable bonds is 3. The second kappa shape index (κ2) is 4.74. The summed E-state index contributed by atoms with van der Waals surface area (Å²) < 4.78 is 32.5. The lowest BCUT2D eigenvalue weighted by Crippen LogP contribution is -2.14. The first-order valence-corrected chi connectivity index (χ1v) is 7.39. The van der Waals surface area contributed by atoms with Crippen LogP contribution in [0.3, 0.4) is 0 Å². The van der Waals surface area contributed by atoms with Crippen LogP contribution in [0.4, 0.5) is 5.69 Å². The molecule has 0 spiro atoms. The van der Waals surface area contributed by atoms with Crippen molar-refractivity contribution in [2.24, 2.45) is 0 Å². The van der Waals surface area contributed by atoms with Gasteiger partial charge < -0.3 is 4.52 Å². The zero-order valence-electron chi connectivity index (χ0n) is 9.77. The Hall–Kier alpha value is -1.34. The highest BCUT2D eigenvalue weighted by Crippen LogP contribution is 2.26. The van der Waals surface area contributed by atoms with Crippen LogP contribution in [-0.2, 0) is 10.0 Å². The lowest BCUT2D eigenvalue weighted by Gasteiger charge is -2.08. The Balaban J connectivity index is 2.43. The van der Waals surface area contributed by atoms with Crippen LogP contribution in [-0.4, -0.2) is 13.6 Å². The fourth-order valence-electron chi connectivity index (χ4n) is 1.60. The van der Waals surface area contributed by atoms with Gasteiger partial charge in [0.25, 0.3) is 10.0 Å². The number of aryl methyl sites for hydroxylation is 2. The van der Waals surface area contributed by atoms with Gasteiger partial charge in [-0.1, -0.05) is 17.3 Å². The molecule has 0 aliphatic heterocycles. The molecule has 18 heavy (non-hydrogen) atoms. The molecular formula is C11H11BrN2O3S. The third kappa shape index (κ3) is 2.41. The van der Waals surface area contributed by atoms with Gasteiger partial charge in [0.15, 0.2) is 10.7 Å². The minimum Gasteiger partial charge on any atom is -0.360 e. The first-order valence-electron chi connectivity index (χ1n) is 5.12. The number of sulfonamides is 1. The van der Waals surface area contributed by atoms with Crippen molar-refractivity contribution < 1.29 is 12.9 Å². The summed E-state index contributed by atoms with van der Waals surface area (Å²) in [5, 5.41) is 3.64. The molecule has 0 bridgehead atoms. The molecule has 7 heteroatoms. The third-order valence-corrected chi connectivity index (χ3v) is 4.66. The molecule has 2 rings (SSSR count). The smallest absolute Gasteiger partial charge is 0.267 e. The molecular weight excluding hydrogens is 320 g/mol. The molecule has 1 aromatic heterocycles. The molecule has 0 unspecified atom stereocenters. The normalized spacial score (nSPS) is 11.5. The summed E-state index contributed by atoms with van der Waals surface area (Å²) in [5.41, 5.74) is 0.810. The molecule has 0 atom stereocenters. The van der Waals surface area contributed by atoms with Gasteiger partial charge in [0.2, 0.25) is 0 Å². The largest absolute Gasteiger partial charge is 0.360 e. The number of para-hydroxylation sites is 1. The van der Waals surface area contributed by atoms with Crippen LogP contribution in [0.5, 0.6) is 0 Å². The number of nitrogens with one attached hydrogen (secondary N) is 1. The highest BCUT2D eigenvalue weighted by atomic mass is 79.9. The Morgan fingerprint density at radius 1 is 1.28 bits per heavy atom. The van der Waals surface area contributed by atoms with Gasteiger partial charge in [-0.2, -0.15) is 0 Å². The Kier molecular flexibility index (Phi) is 3.45. The van der Waals surface area contributed by atoms with E-state index < -0.39 is 10.0 Å². The number of hydrogen-bond acceptors (Lipinski definition) is 4. The second-order valence-corrected chi connectivity index (χ2v) is 6.21. The quantitative estimate of drug-likeness (QED) is 0.939. The summed E-state index contributed by atoms with van der Waals surface area (Å²) in [6.07, 6.45) is 0. The minimum atomic E-state index is -3.69.